The molecule has 2 aliphatic rings. The van der Waals surface area contributed by atoms with Gasteiger partial charge in [0, 0.05) is 54.8 Å². The Kier molecular flexibility index (Phi) is 7.15. The number of aromatic nitrogens is 4. The number of carbonyl (C=O) groups is 1. The Morgan fingerprint density at radius 3 is 2.56 bits per heavy atom. The van der Waals surface area contributed by atoms with Gasteiger partial charge in [0.05, 0.1) is 25.5 Å². The van der Waals surface area contributed by atoms with Crippen LogP contribution in [-0.4, -0.2) is 65.4 Å². The van der Waals surface area contributed by atoms with Crippen molar-refractivity contribution in [1.82, 2.24) is 25.3 Å². The van der Waals surface area contributed by atoms with Crippen molar-refractivity contribution in [2.24, 2.45) is 0 Å². The molecule has 1 fully saturated rings. The molecule has 0 spiro atoms. The third-order valence-electron chi connectivity index (χ3n) is 6.23. The molecule has 0 radical (unpaired) electrons. The molecule has 0 saturated carbocycles. The molecule has 0 unspecified atom stereocenters. The normalized spacial score (nSPS) is 15.4. The maximum atomic E-state index is 11.9. The number of nitrogens with zero attached hydrogens (tertiary/aromatic N) is 6. The van der Waals surface area contributed by atoms with Crippen LogP contribution in [0.2, 0.25) is 5.28 Å². The lowest BCUT2D eigenvalue weighted by Crippen LogP contribution is -2.39. The number of hydrogen-bond acceptors (Lipinski definition) is 8. The van der Waals surface area contributed by atoms with Gasteiger partial charge in [-0.15, -0.1) is 0 Å². The fourth-order valence-corrected chi connectivity index (χ4v) is 4.71. The molecule has 0 aliphatic carbocycles. The largest absolute Gasteiger partial charge is 0.378 e. The number of fused-ring (bicyclic) bond motifs is 1. The number of ether oxygens (including phenoxy) is 1. The summed E-state index contributed by atoms with van der Waals surface area (Å²) in [5.74, 6) is 2.42. The number of aryl methyl sites for hydroxylation is 1. The van der Waals surface area contributed by atoms with Crippen LogP contribution >= 0.6 is 11.6 Å². The summed E-state index contributed by atoms with van der Waals surface area (Å²) in [5, 5.41) is 5.80. The van der Waals surface area contributed by atoms with Crippen molar-refractivity contribution in [1.29, 1.82) is 0 Å². The highest BCUT2D eigenvalue weighted by molar-refractivity contribution is 6.28. The second kappa shape index (κ2) is 10.6. The van der Waals surface area contributed by atoms with Gasteiger partial charge in [0.15, 0.2) is 5.82 Å². The van der Waals surface area contributed by atoms with E-state index in [4.69, 9.17) is 26.3 Å². The predicted molar refractivity (Wildman–Crippen MR) is 140 cm³/mol. The lowest BCUT2D eigenvalue weighted by molar-refractivity contribution is 0.122. The van der Waals surface area contributed by atoms with Crippen LogP contribution in [0.5, 0.6) is 0 Å². The summed E-state index contributed by atoms with van der Waals surface area (Å²) in [6, 6.07) is 9.30. The quantitative estimate of drug-likeness (QED) is 0.504. The maximum Gasteiger partial charge on any atom is 0.319 e. The minimum atomic E-state index is -0.231. The number of benzene rings is 1. The van der Waals surface area contributed by atoms with E-state index in [1.54, 1.807) is 0 Å². The average molecular weight is 509 g/mol. The number of hydrogen-bond donors (Lipinski definition) is 2. The Bertz CT molecular complexity index is 1230. The lowest BCUT2D eigenvalue weighted by Gasteiger charge is -2.34. The summed E-state index contributed by atoms with van der Waals surface area (Å²) in [7, 11) is 0. The van der Waals surface area contributed by atoms with Crippen molar-refractivity contribution >= 4 is 35.0 Å². The van der Waals surface area contributed by atoms with Gasteiger partial charge in [-0.2, -0.15) is 0 Å². The molecule has 188 valence electrons. The molecular formula is C25H29ClN8O2. The molecule has 11 heteroatoms. The molecule has 4 heterocycles. The average Bonchev–Trinajstić information content (AvgIpc) is 2.88. The number of urea groups is 1. The van der Waals surface area contributed by atoms with Gasteiger partial charge >= 0.3 is 6.03 Å². The van der Waals surface area contributed by atoms with E-state index in [0.717, 1.165) is 54.6 Å². The Balaban J connectivity index is 1.48. The summed E-state index contributed by atoms with van der Waals surface area (Å²) >= 11 is 6.14. The number of nitrogens with one attached hydrogen (secondary N) is 2. The van der Waals surface area contributed by atoms with E-state index < -0.39 is 0 Å². The minimum absolute atomic E-state index is 0.231. The summed E-state index contributed by atoms with van der Waals surface area (Å²) in [5.41, 5.74) is 4.56. The third-order valence-corrected chi connectivity index (χ3v) is 6.40. The van der Waals surface area contributed by atoms with Gasteiger partial charge in [-0.05, 0) is 56.1 Å². The van der Waals surface area contributed by atoms with Gasteiger partial charge in [0.1, 0.15) is 11.6 Å². The number of amides is 2. The van der Waals surface area contributed by atoms with E-state index in [0.29, 0.717) is 37.8 Å². The number of morpholine rings is 1. The van der Waals surface area contributed by atoms with E-state index in [1.807, 2.05) is 44.2 Å². The van der Waals surface area contributed by atoms with Crippen molar-refractivity contribution in [3.63, 3.8) is 0 Å². The highest BCUT2D eigenvalue weighted by Crippen LogP contribution is 2.32. The zero-order valence-electron chi connectivity index (χ0n) is 20.4. The Morgan fingerprint density at radius 1 is 1.06 bits per heavy atom. The first-order valence-electron chi connectivity index (χ1n) is 12.1. The third kappa shape index (κ3) is 5.34. The molecular weight excluding hydrogens is 480 g/mol. The van der Waals surface area contributed by atoms with Gasteiger partial charge in [-0.3, -0.25) is 0 Å². The second-order valence-corrected chi connectivity index (χ2v) is 9.10. The van der Waals surface area contributed by atoms with Crippen LogP contribution in [0.25, 0.3) is 11.4 Å². The number of halogens is 1. The molecule has 0 atom stereocenters. The lowest BCUT2D eigenvalue weighted by atomic mass is 10.0. The molecule has 2 N–H and O–H groups in total. The van der Waals surface area contributed by atoms with Crippen molar-refractivity contribution in [2.75, 3.05) is 54.5 Å². The smallest absolute Gasteiger partial charge is 0.319 e. The Hall–Kier alpha value is -3.50. The Labute approximate surface area is 215 Å². The molecule has 2 amide bonds. The summed E-state index contributed by atoms with van der Waals surface area (Å²) in [6.45, 7) is 8.70. The van der Waals surface area contributed by atoms with Crippen LogP contribution in [0.4, 0.5) is 22.1 Å². The van der Waals surface area contributed by atoms with Crippen LogP contribution in [0.3, 0.4) is 0 Å². The van der Waals surface area contributed by atoms with Crippen molar-refractivity contribution < 1.29 is 9.53 Å². The molecule has 2 aromatic heterocycles. The monoisotopic (exact) mass is 508 g/mol. The van der Waals surface area contributed by atoms with E-state index in [9.17, 15) is 4.79 Å². The number of anilines is 3. The molecule has 1 aromatic carbocycles. The van der Waals surface area contributed by atoms with Crippen LogP contribution in [0.1, 0.15) is 23.9 Å². The summed E-state index contributed by atoms with van der Waals surface area (Å²) in [6.07, 6.45) is 0.804. The zero-order chi connectivity index (χ0) is 25.1. The van der Waals surface area contributed by atoms with E-state index in [2.05, 4.69) is 30.4 Å². The van der Waals surface area contributed by atoms with Gasteiger partial charge in [0.25, 0.3) is 0 Å². The molecule has 0 bridgehead atoms. The second-order valence-electron chi connectivity index (χ2n) is 8.77. The Morgan fingerprint density at radius 2 is 1.83 bits per heavy atom. The van der Waals surface area contributed by atoms with Crippen LogP contribution in [-0.2, 0) is 17.7 Å². The highest BCUT2D eigenvalue weighted by atomic mass is 35.5. The first-order chi connectivity index (χ1) is 17.5. The van der Waals surface area contributed by atoms with Crippen molar-refractivity contribution in [3.05, 3.63) is 52.6 Å². The number of carbonyl (C=O) groups excluding carboxylic acids is 1. The van der Waals surface area contributed by atoms with Gasteiger partial charge in [-0.1, -0.05) is 0 Å². The topological polar surface area (TPSA) is 108 Å². The first-order valence-corrected chi connectivity index (χ1v) is 12.5. The maximum absolute atomic E-state index is 11.9. The molecule has 1 saturated heterocycles. The minimum Gasteiger partial charge on any atom is -0.378 e. The van der Waals surface area contributed by atoms with Gasteiger partial charge in [0.2, 0.25) is 5.28 Å². The van der Waals surface area contributed by atoms with Gasteiger partial charge < -0.3 is 25.2 Å². The van der Waals surface area contributed by atoms with Crippen molar-refractivity contribution in [2.45, 2.75) is 26.8 Å². The fraction of sp³-hybridized carbons (Fsp3) is 0.400. The van der Waals surface area contributed by atoms with E-state index in [1.165, 1.54) is 5.56 Å². The predicted octanol–water partition coefficient (Wildman–Crippen LogP) is 3.44. The molecule has 36 heavy (non-hydrogen) atoms. The molecule has 5 rings (SSSR count). The first kappa shape index (κ1) is 24.2. The van der Waals surface area contributed by atoms with Crippen LogP contribution in [0.15, 0.2) is 30.3 Å². The van der Waals surface area contributed by atoms with Gasteiger partial charge in [-0.25, -0.2) is 24.7 Å². The summed E-state index contributed by atoms with van der Waals surface area (Å²) in [4.78, 5) is 35.0. The molecule has 2 aliphatic heterocycles. The van der Waals surface area contributed by atoms with E-state index >= 15 is 0 Å². The van der Waals surface area contributed by atoms with Crippen LogP contribution < -0.4 is 20.4 Å². The fourth-order valence-electron chi connectivity index (χ4n) is 4.49. The molecule has 3 aromatic rings. The highest BCUT2D eigenvalue weighted by Gasteiger charge is 2.27. The summed E-state index contributed by atoms with van der Waals surface area (Å²) < 4.78 is 5.58. The number of rotatable bonds is 5. The SMILES string of the molecule is CCNC(=O)Nc1ccc(-c2nc3c(c(N4CCOCC4)n2)CCN(c2cc(C)nc(Cl)n2)C3)cc1. The standard InChI is InChI=1S/C25H29ClN8O2/c1-3-27-25(35)29-18-6-4-17(5-7-18)22-30-20-15-34(21-14-16(2)28-24(26)31-21)9-8-19(20)23(32-22)33-10-12-36-13-11-33/h4-7,14H,3,8-13,15H2,1-2H3,(H2,27,29,35). The van der Waals surface area contributed by atoms with Crippen molar-refractivity contribution in [3.8, 4) is 11.4 Å². The van der Waals surface area contributed by atoms with E-state index in [-0.39, 0.29) is 11.3 Å². The van der Waals surface area contributed by atoms with Crippen LogP contribution in [0, 0.1) is 6.92 Å². The molecule has 10 nitrogen and oxygen atoms in total. The zero-order valence-corrected chi connectivity index (χ0v) is 21.2.